The Labute approximate surface area is 207 Å². The molecule has 0 saturated heterocycles. The fourth-order valence-corrected chi connectivity index (χ4v) is 3.44. The van der Waals surface area contributed by atoms with Crippen molar-refractivity contribution in [2.24, 2.45) is 10.2 Å². The van der Waals surface area contributed by atoms with Gasteiger partial charge in [0.05, 0.1) is 43.8 Å². The standard InChI is InChI=1S/C27H23N3O6/c1-33-23-15-20(16-24(34-2)25(23)35-3)26(31)29-28-21-10-12-22(13-11-21)30-36-27(32)19-9-8-17-6-4-5-7-18(17)14-19/h4-16,30H,1-3H3. The van der Waals surface area contributed by atoms with Gasteiger partial charge in [0.25, 0.3) is 5.91 Å². The summed E-state index contributed by atoms with van der Waals surface area (Å²) >= 11 is 0. The van der Waals surface area contributed by atoms with E-state index >= 15 is 0 Å². The molecule has 0 atom stereocenters. The Morgan fingerprint density at radius 3 is 2.03 bits per heavy atom. The Morgan fingerprint density at radius 1 is 0.722 bits per heavy atom. The largest absolute Gasteiger partial charge is 0.493 e. The van der Waals surface area contributed by atoms with Gasteiger partial charge >= 0.3 is 5.97 Å². The van der Waals surface area contributed by atoms with Crippen LogP contribution in [0.2, 0.25) is 0 Å². The van der Waals surface area contributed by atoms with Crippen LogP contribution in [0.25, 0.3) is 10.8 Å². The van der Waals surface area contributed by atoms with Crippen molar-refractivity contribution in [3.8, 4) is 17.2 Å². The molecule has 0 aliphatic rings. The van der Waals surface area contributed by atoms with E-state index in [1.165, 1.54) is 33.5 Å². The van der Waals surface area contributed by atoms with Crippen molar-refractivity contribution in [1.29, 1.82) is 0 Å². The number of ether oxygens (including phenoxy) is 3. The highest BCUT2D eigenvalue weighted by molar-refractivity contribution is 5.96. The minimum absolute atomic E-state index is 0.229. The summed E-state index contributed by atoms with van der Waals surface area (Å²) in [5, 5.41) is 9.73. The van der Waals surface area contributed by atoms with Crippen molar-refractivity contribution in [1.82, 2.24) is 0 Å². The summed E-state index contributed by atoms with van der Waals surface area (Å²) in [5.74, 6) is -0.0488. The lowest BCUT2D eigenvalue weighted by atomic mass is 10.1. The highest BCUT2D eigenvalue weighted by Gasteiger charge is 2.17. The molecule has 1 N–H and O–H groups in total. The lowest BCUT2D eigenvalue weighted by Gasteiger charge is -2.12. The molecule has 182 valence electrons. The molecule has 9 heteroatoms. The maximum atomic E-state index is 12.5. The van der Waals surface area contributed by atoms with Crippen LogP contribution in [0, 0.1) is 0 Å². The number of anilines is 1. The van der Waals surface area contributed by atoms with Crippen molar-refractivity contribution in [3.63, 3.8) is 0 Å². The highest BCUT2D eigenvalue weighted by atomic mass is 16.7. The van der Waals surface area contributed by atoms with Gasteiger partial charge in [0, 0.05) is 0 Å². The molecule has 0 heterocycles. The first-order valence-electron chi connectivity index (χ1n) is 10.8. The first-order chi connectivity index (χ1) is 17.5. The van der Waals surface area contributed by atoms with Crippen LogP contribution in [0.4, 0.5) is 11.4 Å². The number of nitrogens with one attached hydrogen (secondary N) is 1. The number of methoxy groups -OCH3 is 3. The maximum Gasteiger partial charge on any atom is 0.362 e. The van der Waals surface area contributed by atoms with Crippen LogP contribution in [-0.4, -0.2) is 33.2 Å². The van der Waals surface area contributed by atoms with Crippen molar-refractivity contribution in [2.75, 3.05) is 26.8 Å². The number of rotatable bonds is 8. The molecule has 0 spiro atoms. The Balaban J connectivity index is 1.38. The van der Waals surface area contributed by atoms with Gasteiger partial charge < -0.3 is 19.0 Å². The molecular weight excluding hydrogens is 462 g/mol. The van der Waals surface area contributed by atoms with Crippen molar-refractivity contribution < 1.29 is 28.6 Å². The molecule has 0 saturated carbocycles. The average molecular weight is 485 g/mol. The van der Waals surface area contributed by atoms with E-state index < -0.39 is 11.9 Å². The fourth-order valence-electron chi connectivity index (χ4n) is 3.44. The summed E-state index contributed by atoms with van der Waals surface area (Å²) in [6, 6.07) is 22.6. The van der Waals surface area contributed by atoms with Gasteiger partial charge in [0.2, 0.25) is 5.75 Å². The smallest absolute Gasteiger partial charge is 0.362 e. The summed E-state index contributed by atoms with van der Waals surface area (Å²) in [6.45, 7) is 0. The van der Waals surface area contributed by atoms with Crippen LogP contribution in [0.5, 0.6) is 17.2 Å². The van der Waals surface area contributed by atoms with E-state index in [9.17, 15) is 9.59 Å². The summed E-state index contributed by atoms with van der Waals surface area (Å²) in [4.78, 5) is 30.1. The van der Waals surface area contributed by atoms with E-state index in [0.29, 0.717) is 34.2 Å². The van der Waals surface area contributed by atoms with E-state index in [1.807, 2.05) is 30.3 Å². The number of azo groups is 1. The van der Waals surface area contributed by atoms with Crippen molar-refractivity contribution in [3.05, 3.63) is 90.0 Å². The molecule has 0 fully saturated rings. The fraction of sp³-hybridized carbons (Fsp3) is 0.111. The van der Waals surface area contributed by atoms with Gasteiger partial charge in [0.15, 0.2) is 11.5 Å². The molecular formula is C27H23N3O6. The van der Waals surface area contributed by atoms with Gasteiger partial charge in [-0.25, -0.2) is 10.3 Å². The van der Waals surface area contributed by atoms with E-state index in [-0.39, 0.29) is 5.56 Å². The minimum atomic E-state index is -0.583. The van der Waals surface area contributed by atoms with Crippen LogP contribution >= 0.6 is 0 Å². The predicted molar refractivity (Wildman–Crippen MR) is 134 cm³/mol. The molecule has 4 aromatic carbocycles. The molecule has 0 aliphatic heterocycles. The lowest BCUT2D eigenvalue weighted by molar-refractivity contribution is 0.0596. The third-order valence-electron chi connectivity index (χ3n) is 5.28. The summed E-state index contributed by atoms with van der Waals surface area (Å²) < 4.78 is 15.8. The molecule has 4 aromatic rings. The van der Waals surface area contributed by atoms with Gasteiger partial charge in [-0.15, -0.1) is 10.2 Å². The maximum absolute atomic E-state index is 12.5. The average Bonchev–Trinajstić information content (AvgIpc) is 2.93. The van der Waals surface area contributed by atoms with E-state index in [1.54, 1.807) is 36.4 Å². The third kappa shape index (κ3) is 5.41. The predicted octanol–water partition coefficient (Wildman–Crippen LogP) is 5.97. The van der Waals surface area contributed by atoms with E-state index in [4.69, 9.17) is 19.0 Å². The van der Waals surface area contributed by atoms with Gasteiger partial charge in [-0.1, -0.05) is 30.3 Å². The Morgan fingerprint density at radius 2 is 1.39 bits per heavy atom. The zero-order valence-corrected chi connectivity index (χ0v) is 19.8. The minimum Gasteiger partial charge on any atom is -0.493 e. The second-order valence-corrected chi connectivity index (χ2v) is 7.52. The topological polar surface area (TPSA) is 108 Å². The second-order valence-electron chi connectivity index (χ2n) is 7.52. The van der Waals surface area contributed by atoms with Gasteiger partial charge in [-0.05, 0) is 59.3 Å². The van der Waals surface area contributed by atoms with E-state index in [2.05, 4.69) is 15.7 Å². The number of nitrogens with zero attached hydrogens (tertiary/aromatic N) is 2. The number of carbonyl (C=O) groups is 2. The van der Waals surface area contributed by atoms with Gasteiger partial charge in [-0.2, -0.15) is 0 Å². The molecule has 9 nitrogen and oxygen atoms in total. The molecule has 0 unspecified atom stereocenters. The molecule has 4 rings (SSSR count). The van der Waals surface area contributed by atoms with E-state index in [0.717, 1.165) is 10.8 Å². The van der Waals surface area contributed by atoms with Crippen LogP contribution in [0.3, 0.4) is 0 Å². The van der Waals surface area contributed by atoms with Crippen LogP contribution in [-0.2, 0) is 4.84 Å². The summed E-state index contributed by atoms with van der Waals surface area (Å²) in [7, 11) is 4.40. The first kappa shape index (κ1) is 24.2. The highest BCUT2D eigenvalue weighted by Crippen LogP contribution is 2.38. The molecule has 1 amide bonds. The van der Waals surface area contributed by atoms with Crippen LogP contribution < -0.4 is 19.7 Å². The zero-order valence-electron chi connectivity index (χ0n) is 19.8. The van der Waals surface area contributed by atoms with Crippen molar-refractivity contribution in [2.45, 2.75) is 0 Å². The Kier molecular flexibility index (Phi) is 7.40. The first-order valence-corrected chi connectivity index (χ1v) is 10.8. The zero-order chi connectivity index (χ0) is 25.5. The Hall–Kier alpha value is -4.92. The SMILES string of the molecule is COc1cc(C(=O)N=Nc2ccc(NOC(=O)c3ccc4ccccc4c3)cc2)cc(OC)c1OC. The normalized spacial score (nSPS) is 10.8. The monoisotopic (exact) mass is 485 g/mol. The molecule has 0 bridgehead atoms. The molecule has 0 aliphatic carbocycles. The second kappa shape index (κ2) is 11.0. The van der Waals surface area contributed by atoms with Crippen LogP contribution in [0.1, 0.15) is 20.7 Å². The summed E-state index contributed by atoms with van der Waals surface area (Å²) in [6.07, 6.45) is 0. The number of carbonyl (C=O) groups excluding carboxylic acids is 2. The number of hydrogen-bond donors (Lipinski definition) is 1. The third-order valence-corrected chi connectivity index (χ3v) is 5.28. The molecule has 36 heavy (non-hydrogen) atoms. The summed E-state index contributed by atoms with van der Waals surface area (Å²) in [5.41, 5.74) is 4.23. The van der Waals surface area contributed by atoms with Gasteiger partial charge in [-0.3, -0.25) is 4.79 Å². The quantitative estimate of drug-likeness (QED) is 0.242. The van der Waals surface area contributed by atoms with Gasteiger partial charge in [0.1, 0.15) is 0 Å². The molecule has 0 aromatic heterocycles. The lowest BCUT2D eigenvalue weighted by Crippen LogP contribution is -2.10. The van der Waals surface area contributed by atoms with Crippen molar-refractivity contribution >= 4 is 34.0 Å². The number of hydrogen-bond acceptors (Lipinski definition) is 8. The van der Waals surface area contributed by atoms with Crippen LogP contribution in [0.15, 0.2) is 89.1 Å². The Bertz CT molecular complexity index is 1410. The number of amides is 1. The number of benzene rings is 4. The molecule has 0 radical (unpaired) electrons. The number of fused-ring (bicyclic) bond motifs is 1.